The first-order chi connectivity index (χ1) is 29.5. The molecule has 0 saturated heterocycles. The van der Waals surface area contributed by atoms with Gasteiger partial charge in [-0.15, -0.1) is 0 Å². The van der Waals surface area contributed by atoms with Crippen molar-refractivity contribution in [2.45, 2.75) is 302 Å². The smallest absolute Gasteiger partial charge is 0.222 e. The average molecular weight is 844 g/mol. The molecule has 0 heterocycles. The van der Waals surface area contributed by atoms with Gasteiger partial charge in [-0.25, -0.2) is 0 Å². The fourth-order valence-electron chi connectivity index (χ4n) is 8.31. The maximum atomic E-state index is 12.5. The van der Waals surface area contributed by atoms with E-state index in [2.05, 4.69) is 43.5 Å². The Morgan fingerprint density at radius 1 is 0.433 bits per heavy atom. The molecule has 0 aromatic heterocycles. The Balaban J connectivity index is 3.56. The summed E-state index contributed by atoms with van der Waals surface area (Å²) in [7, 11) is 0. The highest BCUT2D eigenvalue weighted by Crippen LogP contribution is 2.17. The molecule has 0 fully saturated rings. The van der Waals surface area contributed by atoms with Crippen molar-refractivity contribution < 1.29 is 20.1 Å². The van der Waals surface area contributed by atoms with Crippen LogP contribution in [0.2, 0.25) is 0 Å². The summed E-state index contributed by atoms with van der Waals surface area (Å²) in [5.41, 5.74) is 0. The SMILES string of the molecule is CCCCCCCCCCC/C=C\C/C=C\CCCCCCCCCCCCCCCC(O)CC(=O)NC(CO)C(O)/C=C/CCCCCCCCCCCCCCCC. The highest BCUT2D eigenvalue weighted by molar-refractivity contribution is 5.76. The molecule has 1 amide bonds. The lowest BCUT2D eigenvalue weighted by atomic mass is 10.0. The molecule has 60 heavy (non-hydrogen) atoms. The zero-order valence-electron chi connectivity index (χ0n) is 40.4. The molecule has 354 valence electrons. The van der Waals surface area contributed by atoms with Crippen LogP contribution in [0, 0.1) is 0 Å². The minimum atomic E-state index is -0.928. The number of hydrogen-bond acceptors (Lipinski definition) is 4. The first kappa shape index (κ1) is 58.6. The number of carbonyl (C=O) groups is 1. The Morgan fingerprint density at radius 3 is 1.10 bits per heavy atom. The van der Waals surface area contributed by atoms with Crippen molar-refractivity contribution in [2.24, 2.45) is 0 Å². The number of rotatable bonds is 49. The van der Waals surface area contributed by atoms with E-state index < -0.39 is 18.2 Å². The third-order valence-electron chi connectivity index (χ3n) is 12.4. The van der Waals surface area contributed by atoms with E-state index >= 15 is 0 Å². The van der Waals surface area contributed by atoms with Gasteiger partial charge in [-0.1, -0.05) is 262 Å². The monoisotopic (exact) mass is 844 g/mol. The van der Waals surface area contributed by atoms with E-state index in [0.717, 1.165) is 32.1 Å². The molecule has 0 aliphatic carbocycles. The van der Waals surface area contributed by atoms with Crippen molar-refractivity contribution in [1.29, 1.82) is 0 Å². The number of unbranched alkanes of at least 4 members (excludes halogenated alkanes) is 36. The zero-order chi connectivity index (χ0) is 43.7. The van der Waals surface area contributed by atoms with E-state index in [1.165, 1.54) is 225 Å². The van der Waals surface area contributed by atoms with E-state index in [4.69, 9.17) is 0 Å². The minimum absolute atomic E-state index is 0.0143. The van der Waals surface area contributed by atoms with Crippen molar-refractivity contribution in [3.05, 3.63) is 36.5 Å². The summed E-state index contributed by atoms with van der Waals surface area (Å²) in [5, 5.41) is 33.4. The van der Waals surface area contributed by atoms with Gasteiger partial charge in [0.1, 0.15) is 0 Å². The van der Waals surface area contributed by atoms with Crippen molar-refractivity contribution in [3.8, 4) is 0 Å². The van der Waals surface area contributed by atoms with Gasteiger partial charge in [0.2, 0.25) is 5.91 Å². The van der Waals surface area contributed by atoms with Crippen LogP contribution in [0.5, 0.6) is 0 Å². The summed E-state index contributed by atoms with van der Waals surface area (Å²) < 4.78 is 0. The standard InChI is InChI=1S/C55H105NO4/c1-3-5-7-9-11-13-15-17-19-21-22-23-24-25-26-27-28-29-30-31-32-33-34-36-38-40-42-44-46-48-52(58)50-55(60)56-53(51-57)54(59)49-47-45-43-41-39-37-35-20-18-16-14-12-10-8-6-4-2/h22-23,25-26,47,49,52-54,57-59H,3-21,24,27-46,48,50-51H2,1-2H3,(H,56,60)/b23-22-,26-25-,49-47+. The third kappa shape index (κ3) is 46.1. The number of aliphatic hydroxyl groups excluding tert-OH is 3. The molecule has 0 aliphatic rings. The van der Waals surface area contributed by atoms with Crippen molar-refractivity contribution in [3.63, 3.8) is 0 Å². The predicted molar refractivity (Wildman–Crippen MR) is 264 cm³/mol. The van der Waals surface area contributed by atoms with E-state index in [1.807, 2.05) is 6.08 Å². The molecule has 5 nitrogen and oxygen atoms in total. The Kier molecular flexibility index (Phi) is 49.0. The van der Waals surface area contributed by atoms with E-state index in [1.54, 1.807) is 6.08 Å². The molecule has 5 heteroatoms. The molecule has 3 unspecified atom stereocenters. The lowest BCUT2D eigenvalue weighted by Gasteiger charge is -2.21. The molecular formula is C55H105NO4. The van der Waals surface area contributed by atoms with Crippen LogP contribution in [0.3, 0.4) is 0 Å². The van der Waals surface area contributed by atoms with Gasteiger partial charge < -0.3 is 20.6 Å². The van der Waals surface area contributed by atoms with Gasteiger partial charge >= 0.3 is 0 Å². The Labute approximate surface area is 374 Å². The van der Waals surface area contributed by atoms with E-state index in [9.17, 15) is 20.1 Å². The fraction of sp³-hybridized carbons (Fsp3) is 0.873. The largest absolute Gasteiger partial charge is 0.394 e. The first-order valence-electron chi connectivity index (χ1n) is 26.8. The molecule has 0 aromatic carbocycles. The lowest BCUT2D eigenvalue weighted by molar-refractivity contribution is -0.124. The van der Waals surface area contributed by atoms with Crippen LogP contribution in [0.25, 0.3) is 0 Å². The van der Waals surface area contributed by atoms with Crippen LogP contribution < -0.4 is 5.32 Å². The molecule has 0 aromatic rings. The maximum Gasteiger partial charge on any atom is 0.222 e. The summed E-state index contributed by atoms with van der Waals surface area (Å²) >= 11 is 0. The topological polar surface area (TPSA) is 89.8 Å². The molecule has 3 atom stereocenters. The second-order valence-corrected chi connectivity index (χ2v) is 18.5. The van der Waals surface area contributed by atoms with Crippen LogP contribution in [0.15, 0.2) is 36.5 Å². The summed E-state index contributed by atoms with van der Waals surface area (Å²) in [6.07, 6.45) is 64.6. The van der Waals surface area contributed by atoms with Gasteiger partial charge in [0.05, 0.1) is 31.3 Å². The minimum Gasteiger partial charge on any atom is -0.394 e. The molecule has 0 bridgehead atoms. The number of hydrogen-bond donors (Lipinski definition) is 4. The van der Waals surface area contributed by atoms with Crippen LogP contribution >= 0.6 is 0 Å². The van der Waals surface area contributed by atoms with Crippen molar-refractivity contribution >= 4 is 5.91 Å². The van der Waals surface area contributed by atoms with Crippen LogP contribution in [-0.2, 0) is 4.79 Å². The van der Waals surface area contributed by atoms with Gasteiger partial charge in [-0.05, 0) is 51.4 Å². The highest BCUT2D eigenvalue weighted by Gasteiger charge is 2.20. The quantitative estimate of drug-likeness (QED) is 0.0363. The fourth-order valence-corrected chi connectivity index (χ4v) is 8.31. The molecule has 0 aliphatic heterocycles. The summed E-state index contributed by atoms with van der Waals surface area (Å²) in [6.45, 7) is 4.23. The maximum absolute atomic E-state index is 12.5. The van der Waals surface area contributed by atoms with Crippen LogP contribution in [0.4, 0.5) is 0 Å². The summed E-state index contributed by atoms with van der Waals surface area (Å²) in [5.74, 6) is -0.314. The van der Waals surface area contributed by atoms with Crippen LogP contribution in [-0.4, -0.2) is 46.1 Å². The summed E-state index contributed by atoms with van der Waals surface area (Å²) in [6, 6.07) is -0.744. The van der Waals surface area contributed by atoms with Gasteiger partial charge in [-0.3, -0.25) is 4.79 Å². The van der Waals surface area contributed by atoms with Crippen molar-refractivity contribution in [1.82, 2.24) is 5.32 Å². The van der Waals surface area contributed by atoms with Gasteiger partial charge in [0.25, 0.3) is 0 Å². The normalized spacial score (nSPS) is 13.6. The number of carbonyl (C=O) groups excluding carboxylic acids is 1. The Bertz CT molecular complexity index is 931. The van der Waals surface area contributed by atoms with Crippen molar-refractivity contribution in [2.75, 3.05) is 6.61 Å². The molecule has 4 N–H and O–H groups in total. The summed E-state index contributed by atoms with van der Waals surface area (Å²) in [4.78, 5) is 12.5. The molecule has 0 saturated carbocycles. The van der Waals surface area contributed by atoms with Crippen LogP contribution in [0.1, 0.15) is 284 Å². The molecule has 0 rings (SSSR count). The number of nitrogens with one attached hydrogen (secondary N) is 1. The third-order valence-corrected chi connectivity index (χ3v) is 12.4. The number of amides is 1. The number of aliphatic hydroxyl groups is 3. The second kappa shape index (κ2) is 50.2. The second-order valence-electron chi connectivity index (χ2n) is 18.5. The highest BCUT2D eigenvalue weighted by atomic mass is 16.3. The zero-order valence-corrected chi connectivity index (χ0v) is 40.4. The van der Waals surface area contributed by atoms with Gasteiger partial charge in [0.15, 0.2) is 0 Å². The Hall–Kier alpha value is -1.43. The molecule has 0 radical (unpaired) electrons. The van der Waals surface area contributed by atoms with E-state index in [-0.39, 0.29) is 18.9 Å². The lowest BCUT2D eigenvalue weighted by Crippen LogP contribution is -2.45. The van der Waals surface area contributed by atoms with Gasteiger partial charge in [-0.2, -0.15) is 0 Å². The Morgan fingerprint density at radius 2 is 0.750 bits per heavy atom. The molecule has 0 spiro atoms. The number of allylic oxidation sites excluding steroid dienone is 5. The predicted octanol–water partition coefficient (Wildman–Crippen LogP) is 16.3. The van der Waals surface area contributed by atoms with E-state index in [0.29, 0.717) is 6.42 Å². The first-order valence-corrected chi connectivity index (χ1v) is 26.8. The molecular weight excluding hydrogens is 739 g/mol. The van der Waals surface area contributed by atoms with Gasteiger partial charge in [0, 0.05) is 0 Å². The average Bonchev–Trinajstić information content (AvgIpc) is 3.24.